The number of nitrogens with two attached hydrogens (primary N) is 1. The van der Waals surface area contributed by atoms with Crippen LogP contribution in [0.15, 0.2) is 12.4 Å². The molecule has 2 aromatic rings. The fraction of sp³-hybridized carbons (Fsp3) is 0.500. The van der Waals surface area contributed by atoms with Gasteiger partial charge in [0.25, 0.3) is 0 Å². The average molecular weight is 399 g/mol. The van der Waals surface area contributed by atoms with Crippen molar-refractivity contribution in [2.24, 2.45) is 11.1 Å². The molecule has 3 N–H and O–H groups in total. The van der Waals surface area contributed by atoms with Gasteiger partial charge in [-0.3, -0.25) is 4.79 Å². The Morgan fingerprint density at radius 1 is 1.57 bits per heavy atom. The first-order chi connectivity index (χ1) is 9.85. The molecule has 21 heavy (non-hydrogen) atoms. The summed E-state index contributed by atoms with van der Waals surface area (Å²) in [6, 6.07) is 2.14. The summed E-state index contributed by atoms with van der Waals surface area (Å²) in [5.74, 6) is 0.618. The number of nitrogens with one attached hydrogen (secondary N) is 1. The number of halogens is 1. The van der Waals surface area contributed by atoms with Crippen LogP contribution in [0.2, 0.25) is 0 Å². The van der Waals surface area contributed by atoms with Crippen LogP contribution in [0.5, 0.6) is 0 Å². The normalized spacial score (nSPS) is 21.1. The minimum Gasteiger partial charge on any atom is -0.370 e. The van der Waals surface area contributed by atoms with Crippen LogP contribution in [-0.2, 0) is 4.79 Å². The highest BCUT2D eigenvalue weighted by molar-refractivity contribution is 14.1. The van der Waals surface area contributed by atoms with Crippen molar-refractivity contribution in [3.63, 3.8) is 0 Å². The zero-order valence-corrected chi connectivity index (χ0v) is 14.2. The number of fused-ring (bicyclic) bond motifs is 1. The maximum atomic E-state index is 11.4. The Labute approximate surface area is 136 Å². The molecule has 1 aliphatic rings. The highest BCUT2D eigenvalue weighted by atomic mass is 127. The number of carbonyl (C=O) groups is 1. The van der Waals surface area contributed by atoms with E-state index in [1.807, 2.05) is 6.07 Å². The highest BCUT2D eigenvalue weighted by Gasteiger charge is 2.39. The topological polar surface area (TPSA) is 87.9 Å². The second kappa shape index (κ2) is 5.11. The van der Waals surface area contributed by atoms with Crippen molar-refractivity contribution >= 4 is 45.3 Å². The number of amides is 1. The molecule has 0 spiro atoms. The number of H-pyrrole nitrogens is 1. The number of primary amides is 1. The van der Waals surface area contributed by atoms with E-state index in [1.165, 1.54) is 0 Å². The lowest BCUT2D eigenvalue weighted by molar-refractivity contribution is -0.118. The third-order valence-electron chi connectivity index (χ3n) is 3.91. The fourth-order valence-electron chi connectivity index (χ4n) is 3.19. The molecule has 1 atom stereocenters. The van der Waals surface area contributed by atoms with Crippen LogP contribution in [0.3, 0.4) is 0 Å². The largest absolute Gasteiger partial charge is 0.370 e. The van der Waals surface area contributed by atoms with Gasteiger partial charge in [-0.15, -0.1) is 0 Å². The van der Waals surface area contributed by atoms with Gasteiger partial charge in [-0.05, 0) is 40.5 Å². The van der Waals surface area contributed by atoms with E-state index >= 15 is 0 Å². The number of nitrogens with zero attached hydrogens (tertiary/aromatic N) is 3. The molecule has 1 saturated heterocycles. The predicted octanol–water partition coefficient (Wildman–Crippen LogP) is 2.04. The molecule has 7 heteroatoms. The molecular formula is C14H18IN5O. The van der Waals surface area contributed by atoms with Gasteiger partial charge >= 0.3 is 0 Å². The van der Waals surface area contributed by atoms with E-state index in [-0.39, 0.29) is 17.4 Å². The lowest BCUT2D eigenvalue weighted by Crippen LogP contribution is -2.34. The lowest BCUT2D eigenvalue weighted by atomic mass is 9.90. The maximum absolute atomic E-state index is 11.4. The Bertz CT molecular complexity index is 696. The van der Waals surface area contributed by atoms with Gasteiger partial charge in [0.15, 0.2) is 0 Å². The Kier molecular flexibility index (Phi) is 3.54. The van der Waals surface area contributed by atoms with E-state index in [0.717, 1.165) is 33.5 Å². The summed E-state index contributed by atoms with van der Waals surface area (Å²) in [4.78, 5) is 25.5. The van der Waals surface area contributed by atoms with Gasteiger partial charge in [0.2, 0.25) is 5.91 Å². The van der Waals surface area contributed by atoms with E-state index in [4.69, 9.17) is 5.73 Å². The maximum Gasteiger partial charge on any atom is 0.219 e. The third-order valence-corrected chi connectivity index (χ3v) is 4.49. The molecule has 0 aromatic carbocycles. The number of aromatic amines is 1. The first kappa shape index (κ1) is 14.6. The number of rotatable bonds is 3. The number of carbonyl (C=O) groups excluding carboxylic acids is 1. The average Bonchev–Trinajstić information content (AvgIpc) is 2.86. The van der Waals surface area contributed by atoms with E-state index in [0.29, 0.717) is 6.42 Å². The van der Waals surface area contributed by atoms with Crippen molar-refractivity contribution in [3.8, 4) is 0 Å². The van der Waals surface area contributed by atoms with Crippen LogP contribution in [0.4, 0.5) is 5.82 Å². The predicted molar refractivity (Wildman–Crippen MR) is 89.9 cm³/mol. The highest BCUT2D eigenvalue weighted by Crippen LogP contribution is 2.39. The van der Waals surface area contributed by atoms with Crippen molar-refractivity contribution in [2.75, 3.05) is 11.4 Å². The van der Waals surface area contributed by atoms with E-state index in [1.54, 1.807) is 6.33 Å². The molecule has 112 valence electrons. The van der Waals surface area contributed by atoms with Crippen LogP contribution in [0.1, 0.15) is 26.7 Å². The molecule has 1 aliphatic heterocycles. The molecule has 0 radical (unpaired) electrons. The molecule has 1 fully saturated rings. The Hall–Kier alpha value is -1.38. The van der Waals surface area contributed by atoms with E-state index in [9.17, 15) is 4.79 Å². The van der Waals surface area contributed by atoms with Gasteiger partial charge < -0.3 is 15.6 Å². The first-order valence-corrected chi connectivity index (χ1v) is 7.98. The van der Waals surface area contributed by atoms with Gasteiger partial charge in [0.05, 0.1) is 9.09 Å². The van der Waals surface area contributed by atoms with Crippen LogP contribution >= 0.6 is 22.6 Å². The van der Waals surface area contributed by atoms with Gasteiger partial charge in [-0.1, -0.05) is 13.8 Å². The van der Waals surface area contributed by atoms with Crippen LogP contribution in [0.25, 0.3) is 11.0 Å². The molecule has 3 rings (SSSR count). The van der Waals surface area contributed by atoms with Crippen molar-refractivity contribution in [1.82, 2.24) is 15.0 Å². The molecule has 1 unspecified atom stereocenters. The summed E-state index contributed by atoms with van der Waals surface area (Å²) in [7, 11) is 0. The van der Waals surface area contributed by atoms with Crippen molar-refractivity contribution in [1.29, 1.82) is 0 Å². The SMILES string of the molecule is CC1(C)CC(CC(N)=O)N(c2ncnc3[nH]c(I)cc23)C1. The minimum absolute atomic E-state index is 0.100. The van der Waals surface area contributed by atoms with Crippen LogP contribution in [-0.4, -0.2) is 33.4 Å². The second-order valence-electron chi connectivity index (χ2n) is 6.40. The van der Waals surface area contributed by atoms with Crippen LogP contribution < -0.4 is 10.6 Å². The van der Waals surface area contributed by atoms with E-state index < -0.39 is 0 Å². The number of hydrogen-bond acceptors (Lipinski definition) is 4. The van der Waals surface area contributed by atoms with Gasteiger partial charge in [0.1, 0.15) is 17.8 Å². The first-order valence-electron chi connectivity index (χ1n) is 6.90. The minimum atomic E-state index is -0.267. The lowest BCUT2D eigenvalue weighted by Gasteiger charge is -2.25. The second-order valence-corrected chi connectivity index (χ2v) is 7.56. The van der Waals surface area contributed by atoms with Crippen molar-refractivity contribution in [3.05, 3.63) is 16.1 Å². The standard InChI is InChI=1S/C14H18IN5O/c1-14(2)5-8(3-11(16)21)20(6-14)13-9-4-10(15)19-12(9)17-7-18-13/h4,7-8H,3,5-6H2,1-2H3,(H2,16,21)(H,17,18,19). The molecule has 0 saturated carbocycles. The zero-order valence-electron chi connectivity index (χ0n) is 12.1. The fourth-order valence-corrected chi connectivity index (χ4v) is 3.76. The van der Waals surface area contributed by atoms with Crippen molar-refractivity contribution < 1.29 is 4.79 Å². The molecule has 0 aliphatic carbocycles. The summed E-state index contributed by atoms with van der Waals surface area (Å²) >= 11 is 2.23. The summed E-state index contributed by atoms with van der Waals surface area (Å²) in [5.41, 5.74) is 6.38. The molecule has 6 nitrogen and oxygen atoms in total. The quantitative estimate of drug-likeness (QED) is 0.774. The molecule has 3 heterocycles. The Morgan fingerprint density at radius 3 is 3.05 bits per heavy atom. The van der Waals surface area contributed by atoms with Gasteiger partial charge in [0, 0.05) is 19.0 Å². The summed E-state index contributed by atoms with van der Waals surface area (Å²) in [5, 5.41) is 0.995. The third kappa shape index (κ3) is 2.83. The smallest absolute Gasteiger partial charge is 0.219 e. The summed E-state index contributed by atoms with van der Waals surface area (Å²) < 4.78 is 1.02. The zero-order chi connectivity index (χ0) is 15.2. The van der Waals surface area contributed by atoms with E-state index in [2.05, 4.69) is 56.3 Å². The Morgan fingerprint density at radius 2 is 2.33 bits per heavy atom. The molecule has 1 amide bonds. The number of hydrogen-bond donors (Lipinski definition) is 2. The monoisotopic (exact) mass is 399 g/mol. The Balaban J connectivity index is 2.04. The van der Waals surface area contributed by atoms with Crippen molar-refractivity contribution in [2.45, 2.75) is 32.7 Å². The van der Waals surface area contributed by atoms with Crippen LogP contribution in [0, 0.1) is 9.12 Å². The number of aromatic nitrogens is 3. The van der Waals surface area contributed by atoms with Gasteiger partial charge in [-0.2, -0.15) is 0 Å². The molecule has 0 bridgehead atoms. The summed E-state index contributed by atoms with van der Waals surface area (Å²) in [6.07, 6.45) is 2.86. The molecular weight excluding hydrogens is 381 g/mol. The summed E-state index contributed by atoms with van der Waals surface area (Å²) in [6.45, 7) is 5.28. The van der Waals surface area contributed by atoms with Gasteiger partial charge in [-0.25, -0.2) is 9.97 Å². The number of anilines is 1. The molecule has 2 aromatic heterocycles.